The minimum atomic E-state index is 0.0256. The predicted octanol–water partition coefficient (Wildman–Crippen LogP) is 4.90. The maximum absolute atomic E-state index is 12.5. The molecular weight excluding hydrogens is 390 g/mol. The van der Waals surface area contributed by atoms with E-state index >= 15 is 0 Å². The number of aryl methyl sites for hydroxylation is 1. The SMILES string of the molecule is CCN(Cc1ccc(Cl)s1)C(=O)CSc1nnc(-c2ccccc2C)o1. The van der Waals surface area contributed by atoms with Crippen LogP contribution >= 0.6 is 34.7 Å². The Kier molecular flexibility index (Phi) is 6.34. The summed E-state index contributed by atoms with van der Waals surface area (Å²) in [5, 5.41) is 8.52. The molecule has 0 saturated heterocycles. The first kappa shape index (κ1) is 18.9. The lowest BCUT2D eigenvalue weighted by Gasteiger charge is -2.19. The molecule has 0 aliphatic heterocycles. The van der Waals surface area contributed by atoms with Crippen LogP contribution in [0.4, 0.5) is 0 Å². The summed E-state index contributed by atoms with van der Waals surface area (Å²) in [6.07, 6.45) is 0. The van der Waals surface area contributed by atoms with Crippen LogP contribution in [0.25, 0.3) is 11.5 Å². The van der Waals surface area contributed by atoms with Gasteiger partial charge in [0.2, 0.25) is 11.8 Å². The molecule has 0 N–H and O–H groups in total. The molecule has 0 atom stereocenters. The van der Waals surface area contributed by atoms with Crippen molar-refractivity contribution in [3.8, 4) is 11.5 Å². The van der Waals surface area contributed by atoms with Crippen LogP contribution in [0.1, 0.15) is 17.4 Å². The van der Waals surface area contributed by atoms with E-state index in [-0.39, 0.29) is 11.7 Å². The molecular formula is C18H18ClN3O2S2. The lowest BCUT2D eigenvalue weighted by molar-refractivity contribution is -0.128. The van der Waals surface area contributed by atoms with Crippen LogP contribution in [0.3, 0.4) is 0 Å². The van der Waals surface area contributed by atoms with Crippen LogP contribution in [0.15, 0.2) is 46.0 Å². The van der Waals surface area contributed by atoms with Crippen molar-refractivity contribution >= 4 is 40.6 Å². The molecule has 136 valence electrons. The molecule has 1 amide bonds. The monoisotopic (exact) mass is 407 g/mol. The number of benzene rings is 1. The largest absolute Gasteiger partial charge is 0.411 e. The first-order valence-corrected chi connectivity index (χ1v) is 10.3. The summed E-state index contributed by atoms with van der Waals surface area (Å²) in [6.45, 7) is 5.14. The maximum Gasteiger partial charge on any atom is 0.277 e. The van der Waals surface area contributed by atoms with Gasteiger partial charge in [0, 0.05) is 17.0 Å². The molecule has 5 nitrogen and oxygen atoms in total. The number of thiophene rings is 1. The number of hydrogen-bond acceptors (Lipinski definition) is 6. The fourth-order valence-electron chi connectivity index (χ4n) is 2.41. The summed E-state index contributed by atoms with van der Waals surface area (Å²) in [4.78, 5) is 15.3. The van der Waals surface area contributed by atoms with Crippen LogP contribution in [-0.4, -0.2) is 33.3 Å². The van der Waals surface area contributed by atoms with E-state index in [9.17, 15) is 4.79 Å². The molecule has 0 spiro atoms. The molecule has 0 saturated carbocycles. The predicted molar refractivity (Wildman–Crippen MR) is 106 cm³/mol. The molecule has 0 aliphatic rings. The lowest BCUT2D eigenvalue weighted by atomic mass is 10.1. The second-order valence-corrected chi connectivity index (χ2v) is 8.32. The first-order chi connectivity index (χ1) is 12.6. The quantitative estimate of drug-likeness (QED) is 0.521. The number of aromatic nitrogens is 2. The van der Waals surface area contributed by atoms with Crippen LogP contribution in [-0.2, 0) is 11.3 Å². The van der Waals surface area contributed by atoms with Crippen LogP contribution in [0.5, 0.6) is 0 Å². The number of rotatable bonds is 7. The number of hydrogen-bond donors (Lipinski definition) is 0. The highest BCUT2D eigenvalue weighted by Gasteiger charge is 2.16. The van der Waals surface area contributed by atoms with Gasteiger partial charge in [0.05, 0.1) is 16.6 Å². The van der Waals surface area contributed by atoms with Crippen molar-refractivity contribution in [1.82, 2.24) is 15.1 Å². The van der Waals surface area contributed by atoms with E-state index in [1.807, 2.05) is 50.2 Å². The zero-order valence-electron chi connectivity index (χ0n) is 14.4. The fourth-order valence-corrected chi connectivity index (χ4v) is 4.17. The molecule has 8 heteroatoms. The second-order valence-electron chi connectivity index (χ2n) is 5.59. The van der Waals surface area contributed by atoms with Gasteiger partial charge < -0.3 is 9.32 Å². The zero-order chi connectivity index (χ0) is 18.5. The van der Waals surface area contributed by atoms with Crippen molar-refractivity contribution in [2.45, 2.75) is 25.6 Å². The van der Waals surface area contributed by atoms with E-state index in [4.69, 9.17) is 16.0 Å². The van der Waals surface area contributed by atoms with Crippen LogP contribution in [0.2, 0.25) is 4.34 Å². The van der Waals surface area contributed by atoms with Crippen molar-refractivity contribution < 1.29 is 9.21 Å². The summed E-state index contributed by atoms with van der Waals surface area (Å²) in [6, 6.07) is 11.6. The Morgan fingerprint density at radius 1 is 1.27 bits per heavy atom. The van der Waals surface area contributed by atoms with Crippen molar-refractivity contribution in [2.24, 2.45) is 0 Å². The van der Waals surface area contributed by atoms with E-state index in [0.717, 1.165) is 20.3 Å². The van der Waals surface area contributed by atoms with Gasteiger partial charge >= 0.3 is 0 Å². The molecule has 0 unspecified atom stereocenters. The molecule has 26 heavy (non-hydrogen) atoms. The highest BCUT2D eigenvalue weighted by molar-refractivity contribution is 7.99. The second kappa shape index (κ2) is 8.70. The minimum Gasteiger partial charge on any atom is -0.411 e. The van der Waals surface area contributed by atoms with Crippen molar-refractivity contribution in [1.29, 1.82) is 0 Å². The maximum atomic E-state index is 12.5. The Morgan fingerprint density at radius 3 is 2.77 bits per heavy atom. The standard InChI is InChI=1S/C18H18ClN3O2S2/c1-3-22(10-13-8-9-15(19)26-13)16(23)11-25-18-21-20-17(24-18)14-7-5-4-6-12(14)2/h4-9H,3,10-11H2,1-2H3. The molecule has 1 aromatic carbocycles. The van der Waals surface area contributed by atoms with Crippen molar-refractivity contribution in [2.75, 3.05) is 12.3 Å². The molecule has 0 aliphatic carbocycles. The van der Waals surface area contributed by atoms with Gasteiger partial charge in [-0.1, -0.05) is 41.6 Å². The molecule has 2 heterocycles. The Balaban J connectivity index is 1.59. The Labute approximate surface area is 165 Å². The highest BCUT2D eigenvalue weighted by Crippen LogP contribution is 2.26. The normalized spacial score (nSPS) is 10.9. The van der Waals surface area contributed by atoms with Crippen LogP contribution in [0, 0.1) is 6.92 Å². The highest BCUT2D eigenvalue weighted by atomic mass is 35.5. The van der Waals surface area contributed by atoms with Gasteiger partial charge in [0.15, 0.2) is 0 Å². The smallest absolute Gasteiger partial charge is 0.277 e. The first-order valence-electron chi connectivity index (χ1n) is 8.11. The van der Waals surface area contributed by atoms with Gasteiger partial charge in [-0.25, -0.2) is 0 Å². The fraction of sp³-hybridized carbons (Fsp3) is 0.278. The number of halogens is 1. The average Bonchev–Trinajstić information content (AvgIpc) is 3.27. The summed E-state index contributed by atoms with van der Waals surface area (Å²) in [5.41, 5.74) is 1.97. The molecule has 2 aromatic heterocycles. The Hall–Kier alpha value is -1.83. The van der Waals surface area contributed by atoms with Gasteiger partial charge in [0.25, 0.3) is 5.22 Å². The number of carbonyl (C=O) groups is 1. The Morgan fingerprint density at radius 2 is 2.08 bits per heavy atom. The topological polar surface area (TPSA) is 59.2 Å². The van der Waals surface area contributed by atoms with Gasteiger partial charge in [-0.05, 0) is 37.6 Å². The zero-order valence-corrected chi connectivity index (χ0v) is 16.8. The molecule has 3 rings (SSSR count). The van der Waals surface area contributed by atoms with E-state index in [1.54, 1.807) is 4.90 Å². The van der Waals surface area contributed by atoms with E-state index in [0.29, 0.717) is 24.2 Å². The lowest BCUT2D eigenvalue weighted by Crippen LogP contribution is -2.31. The molecule has 0 radical (unpaired) electrons. The number of carbonyl (C=O) groups excluding carboxylic acids is 1. The van der Waals surface area contributed by atoms with E-state index in [1.165, 1.54) is 23.1 Å². The Bertz CT molecular complexity index is 894. The third-order valence-electron chi connectivity index (χ3n) is 3.81. The van der Waals surface area contributed by atoms with Crippen molar-refractivity contribution in [3.63, 3.8) is 0 Å². The van der Waals surface area contributed by atoms with Gasteiger partial charge in [-0.2, -0.15) is 0 Å². The number of nitrogens with zero attached hydrogens (tertiary/aromatic N) is 3. The number of amides is 1. The van der Waals surface area contributed by atoms with Gasteiger partial charge in [-0.3, -0.25) is 4.79 Å². The number of thioether (sulfide) groups is 1. The minimum absolute atomic E-state index is 0.0256. The molecule has 0 bridgehead atoms. The molecule has 3 aromatic rings. The van der Waals surface area contributed by atoms with Gasteiger partial charge in [-0.15, -0.1) is 21.5 Å². The molecule has 0 fully saturated rings. The summed E-state index contributed by atoms with van der Waals surface area (Å²) >= 11 is 8.70. The summed E-state index contributed by atoms with van der Waals surface area (Å²) < 4.78 is 6.42. The van der Waals surface area contributed by atoms with Gasteiger partial charge in [0.1, 0.15) is 0 Å². The summed E-state index contributed by atoms with van der Waals surface area (Å²) in [7, 11) is 0. The average molecular weight is 408 g/mol. The van der Waals surface area contributed by atoms with E-state index in [2.05, 4.69) is 10.2 Å². The third kappa shape index (κ3) is 4.66. The third-order valence-corrected chi connectivity index (χ3v) is 5.83. The van der Waals surface area contributed by atoms with Crippen LogP contribution < -0.4 is 0 Å². The summed E-state index contributed by atoms with van der Waals surface area (Å²) in [5.74, 6) is 0.749. The van der Waals surface area contributed by atoms with E-state index < -0.39 is 0 Å². The van der Waals surface area contributed by atoms with Crippen molar-refractivity contribution in [3.05, 3.63) is 51.2 Å².